The average Bonchev–Trinajstić information content (AvgIpc) is 2.16. The van der Waals surface area contributed by atoms with Gasteiger partial charge in [0, 0.05) is 0 Å². The zero-order chi connectivity index (χ0) is 15.6. The van der Waals surface area contributed by atoms with Gasteiger partial charge in [0.05, 0.1) is 5.60 Å². The molecule has 2 aliphatic rings. The predicted molar refractivity (Wildman–Crippen MR) is 79.6 cm³/mol. The van der Waals surface area contributed by atoms with E-state index in [4.69, 9.17) is 4.74 Å². The molecule has 2 aliphatic carbocycles. The number of hydrogen-bond donors (Lipinski definition) is 3. The van der Waals surface area contributed by atoms with Gasteiger partial charge in [0.25, 0.3) is 0 Å². The van der Waals surface area contributed by atoms with E-state index >= 15 is 0 Å². The van der Waals surface area contributed by atoms with Crippen LogP contribution < -0.4 is 5.32 Å². The maximum atomic E-state index is 11.7. The van der Waals surface area contributed by atoms with Gasteiger partial charge in [0.2, 0.25) is 6.41 Å². The summed E-state index contributed by atoms with van der Waals surface area (Å²) in [6, 6.07) is -0.724. The van der Waals surface area contributed by atoms with Crippen molar-refractivity contribution in [3.63, 3.8) is 0 Å². The van der Waals surface area contributed by atoms with Gasteiger partial charge in [-0.3, -0.25) is 10.1 Å². The van der Waals surface area contributed by atoms with Crippen molar-refractivity contribution < 1.29 is 19.7 Å². The summed E-state index contributed by atoms with van der Waals surface area (Å²) in [5.74, 6) is 0.190. The summed E-state index contributed by atoms with van der Waals surface area (Å²) in [5.41, 5.74) is -0.516. The fraction of sp³-hybridized carbons (Fsp3) is 0.938. The summed E-state index contributed by atoms with van der Waals surface area (Å²) in [4.78, 5) is 11.7. The molecule has 0 aromatic carbocycles. The van der Waals surface area contributed by atoms with Crippen LogP contribution >= 0.6 is 0 Å². The van der Waals surface area contributed by atoms with Gasteiger partial charge in [-0.25, -0.2) is 0 Å². The molecule has 2 rings (SSSR count). The first-order valence-electron chi connectivity index (χ1n) is 8.12. The molecule has 0 heterocycles. The highest BCUT2D eigenvalue weighted by atomic mass is 16.6. The molecule has 0 spiro atoms. The second kappa shape index (κ2) is 6.63. The molecule has 5 nitrogen and oxygen atoms in total. The molecule has 0 radical (unpaired) electrons. The highest BCUT2D eigenvalue weighted by Crippen LogP contribution is 2.46. The van der Waals surface area contributed by atoms with Crippen molar-refractivity contribution >= 4 is 5.97 Å². The van der Waals surface area contributed by atoms with E-state index in [1.165, 1.54) is 12.8 Å². The zero-order valence-electron chi connectivity index (χ0n) is 13.3. The fourth-order valence-corrected chi connectivity index (χ4v) is 3.45. The van der Waals surface area contributed by atoms with E-state index in [9.17, 15) is 15.0 Å². The lowest BCUT2D eigenvalue weighted by Gasteiger charge is -2.45. The number of hydrogen-bond acceptors (Lipinski definition) is 4. The number of ether oxygens (including phenoxy) is 1. The number of carbonyl (C=O) groups is 1. The standard InChI is InChI=1S/C16H29NO4/c1-16(2,3)21-15(20)17-13(14(18)19)12(10-6-4-7-10)11-8-5-9-11/h10-13,15,17,20H,4-9H2,1-3H3,(H,18,19)/t13-,15?/m0/s1. The lowest BCUT2D eigenvalue weighted by atomic mass is 9.62. The fourth-order valence-electron chi connectivity index (χ4n) is 3.45. The lowest BCUT2D eigenvalue weighted by Crippen LogP contribution is -2.55. The van der Waals surface area contributed by atoms with Crippen LogP contribution in [0, 0.1) is 17.8 Å². The molecule has 3 N–H and O–H groups in total. The van der Waals surface area contributed by atoms with Crippen LogP contribution in [0.1, 0.15) is 59.3 Å². The third-order valence-corrected chi connectivity index (χ3v) is 4.83. The van der Waals surface area contributed by atoms with Crippen molar-refractivity contribution in [3.8, 4) is 0 Å². The van der Waals surface area contributed by atoms with Gasteiger partial charge in [-0.05, 0) is 38.5 Å². The molecule has 0 aromatic rings. The van der Waals surface area contributed by atoms with Crippen LogP contribution in [-0.2, 0) is 9.53 Å². The second-order valence-electron chi connectivity index (χ2n) is 7.52. The van der Waals surface area contributed by atoms with Crippen LogP contribution in [0.15, 0.2) is 0 Å². The first-order chi connectivity index (χ1) is 9.78. The molecule has 0 saturated heterocycles. The number of nitrogens with one attached hydrogen (secondary N) is 1. The number of aliphatic hydroxyl groups excluding tert-OH is 1. The van der Waals surface area contributed by atoms with Gasteiger partial charge in [-0.1, -0.05) is 38.5 Å². The normalized spacial score (nSPS) is 23.5. The van der Waals surface area contributed by atoms with Crippen molar-refractivity contribution in [3.05, 3.63) is 0 Å². The van der Waals surface area contributed by atoms with Crippen LogP contribution in [0.3, 0.4) is 0 Å². The van der Waals surface area contributed by atoms with Gasteiger partial charge < -0.3 is 14.9 Å². The van der Waals surface area contributed by atoms with Crippen LogP contribution in [0.25, 0.3) is 0 Å². The lowest BCUT2D eigenvalue weighted by molar-refractivity contribution is -0.194. The van der Waals surface area contributed by atoms with Gasteiger partial charge in [-0.15, -0.1) is 0 Å². The molecule has 2 atom stereocenters. The Hall–Kier alpha value is -0.650. The van der Waals surface area contributed by atoms with E-state index < -0.39 is 24.0 Å². The molecule has 2 fully saturated rings. The molecular weight excluding hydrogens is 270 g/mol. The zero-order valence-corrected chi connectivity index (χ0v) is 13.3. The Kier molecular flexibility index (Phi) is 5.28. The van der Waals surface area contributed by atoms with Crippen molar-refractivity contribution in [2.45, 2.75) is 77.4 Å². The molecule has 1 unspecified atom stereocenters. The molecule has 0 aromatic heterocycles. The SMILES string of the molecule is CC(C)(C)OC(O)N[C@H](C(=O)O)C(C1CCC1)C1CCC1. The molecule has 2 saturated carbocycles. The van der Waals surface area contributed by atoms with E-state index in [2.05, 4.69) is 5.32 Å². The van der Waals surface area contributed by atoms with E-state index in [0.717, 1.165) is 25.7 Å². The maximum Gasteiger partial charge on any atom is 0.321 e. The highest BCUT2D eigenvalue weighted by Gasteiger charge is 2.44. The third-order valence-electron chi connectivity index (χ3n) is 4.83. The van der Waals surface area contributed by atoms with E-state index in [-0.39, 0.29) is 5.92 Å². The Bertz CT molecular complexity index is 344. The van der Waals surface area contributed by atoms with E-state index in [0.29, 0.717) is 11.8 Å². The average molecular weight is 299 g/mol. The Labute approximate surface area is 127 Å². The molecule has 21 heavy (non-hydrogen) atoms. The molecule has 0 bridgehead atoms. The minimum Gasteiger partial charge on any atom is -0.480 e. The van der Waals surface area contributed by atoms with Gasteiger partial charge >= 0.3 is 5.97 Å². The third kappa shape index (κ3) is 4.41. The Morgan fingerprint density at radius 3 is 1.90 bits per heavy atom. The number of carboxylic acids is 1. The summed E-state index contributed by atoms with van der Waals surface area (Å²) < 4.78 is 5.41. The minimum absolute atomic E-state index is 0.114. The van der Waals surface area contributed by atoms with E-state index in [1.807, 2.05) is 20.8 Å². The minimum atomic E-state index is -1.24. The first-order valence-corrected chi connectivity index (χ1v) is 8.12. The number of aliphatic hydroxyl groups is 1. The van der Waals surface area contributed by atoms with Crippen LogP contribution in [0.2, 0.25) is 0 Å². The van der Waals surface area contributed by atoms with Crippen molar-refractivity contribution in [2.75, 3.05) is 0 Å². The van der Waals surface area contributed by atoms with E-state index in [1.54, 1.807) is 0 Å². The predicted octanol–water partition coefficient (Wildman–Crippen LogP) is 2.34. The molecule has 5 heteroatoms. The summed E-state index contributed by atoms with van der Waals surface area (Å²) in [7, 11) is 0. The van der Waals surface area contributed by atoms with Crippen molar-refractivity contribution in [1.29, 1.82) is 0 Å². The van der Waals surface area contributed by atoms with Gasteiger partial charge in [0.1, 0.15) is 6.04 Å². The van der Waals surface area contributed by atoms with Crippen LogP contribution in [0.4, 0.5) is 0 Å². The summed E-state index contributed by atoms with van der Waals surface area (Å²) in [5, 5.41) is 22.4. The monoisotopic (exact) mass is 299 g/mol. The summed E-state index contributed by atoms with van der Waals surface area (Å²) in [6.07, 6.45) is 5.61. The second-order valence-corrected chi connectivity index (χ2v) is 7.52. The number of aliphatic carboxylic acids is 1. The molecule has 0 aliphatic heterocycles. The maximum absolute atomic E-state index is 11.7. The summed E-state index contributed by atoms with van der Waals surface area (Å²) >= 11 is 0. The van der Waals surface area contributed by atoms with Gasteiger partial charge in [0.15, 0.2) is 0 Å². The topological polar surface area (TPSA) is 78.8 Å². The Morgan fingerprint density at radius 1 is 1.14 bits per heavy atom. The number of carboxylic acid groups (broad SMARTS) is 1. The number of rotatable bonds is 7. The molecule has 122 valence electrons. The Morgan fingerprint density at radius 2 is 1.62 bits per heavy atom. The largest absolute Gasteiger partial charge is 0.480 e. The molecule has 0 amide bonds. The molecular formula is C16H29NO4. The highest BCUT2D eigenvalue weighted by molar-refractivity contribution is 5.74. The quantitative estimate of drug-likeness (QED) is 0.629. The van der Waals surface area contributed by atoms with Crippen molar-refractivity contribution in [2.24, 2.45) is 17.8 Å². The van der Waals surface area contributed by atoms with Crippen LogP contribution in [0.5, 0.6) is 0 Å². The van der Waals surface area contributed by atoms with Gasteiger partial charge in [-0.2, -0.15) is 0 Å². The van der Waals surface area contributed by atoms with Crippen molar-refractivity contribution in [1.82, 2.24) is 5.32 Å². The van der Waals surface area contributed by atoms with Crippen LogP contribution in [-0.4, -0.2) is 34.2 Å². The summed E-state index contributed by atoms with van der Waals surface area (Å²) in [6.45, 7) is 5.51. The first kappa shape index (κ1) is 16.7. The Balaban J connectivity index is 2.02. The smallest absolute Gasteiger partial charge is 0.321 e.